The maximum atomic E-state index is 13.2. The summed E-state index contributed by atoms with van der Waals surface area (Å²) >= 11 is 0. The van der Waals surface area contributed by atoms with Crippen molar-refractivity contribution in [3.8, 4) is 11.5 Å². The van der Waals surface area contributed by atoms with Crippen LogP contribution in [0.15, 0.2) is 54.6 Å². The van der Waals surface area contributed by atoms with Gasteiger partial charge in [-0.15, -0.1) is 12.4 Å². The number of amides is 2. The Morgan fingerprint density at radius 3 is 2.18 bits per heavy atom. The summed E-state index contributed by atoms with van der Waals surface area (Å²) in [6, 6.07) is 16.8. The average Bonchev–Trinajstić information content (AvgIpc) is 2.94. The van der Waals surface area contributed by atoms with Crippen molar-refractivity contribution in [1.82, 2.24) is 9.80 Å². The Kier molecular flexibility index (Phi) is 9.45. The Balaban J connectivity index is 0.00000353. The topological polar surface area (TPSA) is 88.5 Å². The van der Waals surface area contributed by atoms with E-state index >= 15 is 0 Å². The van der Waals surface area contributed by atoms with Crippen LogP contribution in [0.25, 0.3) is 10.8 Å². The van der Waals surface area contributed by atoms with Gasteiger partial charge in [0.1, 0.15) is 0 Å². The molecule has 3 aromatic rings. The number of likely N-dealkylation sites (tertiary alicyclic amines) is 1. The Morgan fingerprint density at radius 2 is 1.56 bits per heavy atom. The minimum absolute atomic E-state index is 0. The maximum absolute atomic E-state index is 13.2. The number of piperidine rings is 1. The Hall–Kier alpha value is -3.17. The van der Waals surface area contributed by atoms with Crippen molar-refractivity contribution in [1.29, 1.82) is 0 Å². The summed E-state index contributed by atoms with van der Waals surface area (Å²) in [5.74, 6) is 1.14. The number of aliphatic hydroxyl groups is 1. The van der Waals surface area contributed by atoms with E-state index in [1.165, 1.54) is 4.90 Å². The maximum Gasteiger partial charge on any atom is 0.261 e. The van der Waals surface area contributed by atoms with E-state index in [0.29, 0.717) is 42.3 Å². The van der Waals surface area contributed by atoms with Crippen LogP contribution in [0.3, 0.4) is 0 Å². The predicted molar refractivity (Wildman–Crippen MR) is 151 cm³/mol. The van der Waals surface area contributed by atoms with Gasteiger partial charge in [-0.1, -0.05) is 30.3 Å². The first kappa shape index (κ1) is 28.8. The van der Waals surface area contributed by atoms with E-state index < -0.39 is 6.10 Å². The minimum Gasteiger partial charge on any atom is -0.493 e. The lowest BCUT2D eigenvalue weighted by Crippen LogP contribution is -2.46. The summed E-state index contributed by atoms with van der Waals surface area (Å²) in [6.07, 6.45) is 1.12. The van der Waals surface area contributed by atoms with Gasteiger partial charge in [0.2, 0.25) is 0 Å². The Bertz CT molecular complexity index is 1270. The highest BCUT2D eigenvalue weighted by Crippen LogP contribution is 2.31. The van der Waals surface area contributed by atoms with Crippen molar-refractivity contribution in [3.63, 3.8) is 0 Å². The lowest BCUT2D eigenvalue weighted by atomic mass is 9.91. The van der Waals surface area contributed by atoms with Gasteiger partial charge >= 0.3 is 0 Å². The highest BCUT2D eigenvalue weighted by Gasteiger charge is 2.34. The number of halogens is 1. The molecule has 0 aliphatic carbocycles. The quantitative estimate of drug-likeness (QED) is 0.376. The normalized spacial score (nSPS) is 16.7. The molecule has 0 saturated carbocycles. The van der Waals surface area contributed by atoms with E-state index in [2.05, 4.69) is 4.90 Å². The molecule has 2 aliphatic rings. The second-order valence-electron chi connectivity index (χ2n) is 10.0. The fourth-order valence-corrected chi connectivity index (χ4v) is 5.49. The number of hydrogen-bond acceptors (Lipinski definition) is 7. The number of hydrogen-bond donors (Lipinski definition) is 1. The van der Waals surface area contributed by atoms with Gasteiger partial charge in [-0.25, -0.2) is 0 Å². The molecule has 0 spiro atoms. The summed E-state index contributed by atoms with van der Waals surface area (Å²) < 4.78 is 16.3. The van der Waals surface area contributed by atoms with Gasteiger partial charge in [0.25, 0.3) is 11.8 Å². The lowest BCUT2D eigenvalue weighted by Gasteiger charge is -2.36. The third-order valence-electron chi connectivity index (χ3n) is 7.50. The highest BCUT2D eigenvalue weighted by molar-refractivity contribution is 6.25. The Morgan fingerprint density at radius 1 is 0.923 bits per heavy atom. The van der Waals surface area contributed by atoms with Crippen molar-refractivity contribution in [2.75, 3.05) is 47.0 Å². The fraction of sp³-hybridized carbons (Fsp3) is 0.400. The zero-order valence-electron chi connectivity index (χ0n) is 22.3. The number of benzene rings is 3. The molecule has 1 unspecified atom stereocenters. The van der Waals surface area contributed by atoms with Crippen LogP contribution in [0.4, 0.5) is 0 Å². The highest BCUT2D eigenvalue weighted by atomic mass is 35.5. The van der Waals surface area contributed by atoms with Gasteiger partial charge in [0.15, 0.2) is 11.5 Å². The standard InChI is InChI=1S/C30H34N2O6.ClH/c1-36-26-10-9-21(15-27(26)37-2)18-38-19-23(33)17-31-13-11-20(12-14-31)16-32-29(34)24-7-3-5-22-6-4-8-25(28(22)24)30(32)35;/h3-10,15,20,23,33H,11-14,16-19H2,1-2H3;1H. The summed E-state index contributed by atoms with van der Waals surface area (Å²) in [5.41, 5.74) is 2.15. The monoisotopic (exact) mass is 554 g/mol. The largest absolute Gasteiger partial charge is 0.493 e. The first-order valence-electron chi connectivity index (χ1n) is 13.1. The second kappa shape index (κ2) is 12.8. The number of ether oxygens (including phenoxy) is 3. The lowest BCUT2D eigenvalue weighted by molar-refractivity contribution is 0.00356. The zero-order valence-corrected chi connectivity index (χ0v) is 23.1. The summed E-state index contributed by atoms with van der Waals surface area (Å²) in [4.78, 5) is 30.0. The molecule has 208 valence electrons. The molecule has 2 amide bonds. The SMILES string of the molecule is COc1ccc(COCC(O)CN2CCC(CN3C(=O)c4cccc5cccc(c45)C3=O)CC2)cc1OC.Cl. The summed E-state index contributed by atoms with van der Waals surface area (Å²) in [7, 11) is 3.19. The number of aliphatic hydroxyl groups excluding tert-OH is 1. The van der Waals surface area contributed by atoms with Crippen LogP contribution in [0.1, 0.15) is 39.1 Å². The summed E-state index contributed by atoms with van der Waals surface area (Å²) in [6.45, 7) is 3.16. The molecule has 2 heterocycles. The van der Waals surface area contributed by atoms with Crippen molar-refractivity contribution >= 4 is 35.0 Å². The fourth-order valence-electron chi connectivity index (χ4n) is 5.49. The van der Waals surface area contributed by atoms with E-state index in [-0.39, 0.29) is 36.7 Å². The third kappa shape index (κ3) is 6.20. The van der Waals surface area contributed by atoms with Crippen molar-refractivity contribution in [2.24, 2.45) is 5.92 Å². The summed E-state index contributed by atoms with van der Waals surface area (Å²) in [5, 5.41) is 12.2. The minimum atomic E-state index is -0.603. The number of methoxy groups -OCH3 is 2. The second-order valence-corrected chi connectivity index (χ2v) is 10.0. The molecular weight excluding hydrogens is 520 g/mol. The average molecular weight is 555 g/mol. The van der Waals surface area contributed by atoms with E-state index in [4.69, 9.17) is 14.2 Å². The molecule has 0 aromatic heterocycles. The van der Waals surface area contributed by atoms with Crippen LogP contribution in [0.2, 0.25) is 0 Å². The van der Waals surface area contributed by atoms with E-state index in [1.807, 2.05) is 54.6 Å². The predicted octanol–water partition coefficient (Wildman–Crippen LogP) is 4.16. The number of rotatable bonds is 10. The van der Waals surface area contributed by atoms with Crippen LogP contribution < -0.4 is 9.47 Å². The first-order valence-corrected chi connectivity index (χ1v) is 13.1. The molecule has 9 heteroatoms. The molecule has 1 N–H and O–H groups in total. The van der Waals surface area contributed by atoms with Gasteiger partial charge in [0.05, 0.1) is 33.5 Å². The molecule has 8 nitrogen and oxygen atoms in total. The van der Waals surface area contributed by atoms with E-state index in [1.54, 1.807) is 14.2 Å². The van der Waals surface area contributed by atoms with Gasteiger partial charge in [-0.05, 0) is 67.1 Å². The molecule has 1 fully saturated rings. The molecule has 39 heavy (non-hydrogen) atoms. The number of nitrogens with zero attached hydrogens (tertiary/aromatic N) is 2. The molecule has 0 radical (unpaired) electrons. The first-order chi connectivity index (χ1) is 18.5. The van der Waals surface area contributed by atoms with Crippen LogP contribution >= 0.6 is 12.4 Å². The molecule has 1 saturated heterocycles. The van der Waals surface area contributed by atoms with Crippen molar-refractivity contribution < 1.29 is 28.9 Å². The van der Waals surface area contributed by atoms with Crippen LogP contribution in [-0.2, 0) is 11.3 Å². The van der Waals surface area contributed by atoms with Crippen LogP contribution in [0.5, 0.6) is 11.5 Å². The van der Waals surface area contributed by atoms with Crippen molar-refractivity contribution in [3.05, 3.63) is 71.3 Å². The molecular formula is C30H35ClN2O6. The zero-order chi connectivity index (χ0) is 26.6. The smallest absolute Gasteiger partial charge is 0.261 e. The molecule has 3 aromatic carbocycles. The number of carbonyl (C=O) groups excluding carboxylic acids is 2. The molecule has 1 atom stereocenters. The van der Waals surface area contributed by atoms with Crippen LogP contribution in [-0.4, -0.2) is 79.8 Å². The van der Waals surface area contributed by atoms with Crippen molar-refractivity contribution in [2.45, 2.75) is 25.6 Å². The molecule has 0 bridgehead atoms. The number of carbonyl (C=O) groups is 2. The van der Waals surface area contributed by atoms with Gasteiger partial charge in [0, 0.05) is 29.6 Å². The molecule has 5 rings (SSSR count). The van der Waals surface area contributed by atoms with E-state index in [9.17, 15) is 14.7 Å². The number of β-amino-alcohol motifs (C(OH)–C–C–N with tert-alkyl or cyclic N) is 1. The number of imide groups is 1. The van der Waals surface area contributed by atoms with Crippen LogP contribution in [0, 0.1) is 5.92 Å². The Labute approximate surface area is 234 Å². The van der Waals surface area contributed by atoms with Gasteiger partial charge in [-0.2, -0.15) is 0 Å². The third-order valence-corrected chi connectivity index (χ3v) is 7.50. The van der Waals surface area contributed by atoms with Gasteiger partial charge < -0.3 is 24.2 Å². The van der Waals surface area contributed by atoms with E-state index in [0.717, 1.165) is 42.3 Å². The molecule has 2 aliphatic heterocycles. The van der Waals surface area contributed by atoms with Gasteiger partial charge in [-0.3, -0.25) is 14.5 Å².